The number of anilines is 1. The van der Waals surface area contributed by atoms with Crippen molar-refractivity contribution >= 4 is 23.3 Å². The second-order valence-corrected chi connectivity index (χ2v) is 9.78. The average Bonchev–Trinajstić information content (AvgIpc) is 3.43. The molecule has 1 aliphatic carbocycles. The lowest BCUT2D eigenvalue weighted by Crippen LogP contribution is -2.44. The molecule has 0 saturated carbocycles. The van der Waals surface area contributed by atoms with E-state index in [2.05, 4.69) is 62.1 Å². The number of para-hydroxylation sites is 1. The number of nitrogens with zero attached hydrogens (tertiary/aromatic N) is 8. The maximum Gasteiger partial charge on any atom is 0.421 e. The highest BCUT2D eigenvalue weighted by atomic mass is 15.3. The molecule has 1 aliphatic rings. The monoisotopic (exact) mass is 487 g/mol. The number of benzene rings is 1. The summed E-state index contributed by atoms with van der Waals surface area (Å²) in [6, 6.07) is 7.95. The minimum Gasteiger partial charge on any atom is -0.383 e. The van der Waals surface area contributed by atoms with Crippen molar-refractivity contribution in [3.63, 3.8) is 0 Å². The van der Waals surface area contributed by atoms with Crippen LogP contribution in [0.25, 0.3) is 0 Å². The van der Waals surface area contributed by atoms with E-state index in [9.17, 15) is 0 Å². The largest absolute Gasteiger partial charge is 0.421 e. The Kier molecular flexibility index (Phi) is 7.84. The Labute approximate surface area is 212 Å². The second kappa shape index (κ2) is 11.2. The average molecular weight is 488 g/mol. The van der Waals surface area contributed by atoms with Gasteiger partial charge in [-0.2, -0.15) is 5.11 Å². The van der Waals surface area contributed by atoms with Crippen LogP contribution >= 0.6 is 0 Å². The molecule has 0 amide bonds. The van der Waals surface area contributed by atoms with Gasteiger partial charge < -0.3 is 15.2 Å². The lowest BCUT2D eigenvalue weighted by Gasteiger charge is -2.30. The molecule has 4 rings (SSSR count). The van der Waals surface area contributed by atoms with Crippen LogP contribution in [0.5, 0.6) is 0 Å². The van der Waals surface area contributed by atoms with Crippen molar-refractivity contribution in [2.75, 3.05) is 18.4 Å². The smallest absolute Gasteiger partial charge is 0.383 e. The van der Waals surface area contributed by atoms with E-state index in [-0.39, 0.29) is 17.5 Å². The van der Waals surface area contributed by atoms with Gasteiger partial charge in [-0.3, -0.25) is 0 Å². The minimum atomic E-state index is -0.0876. The van der Waals surface area contributed by atoms with Crippen LogP contribution in [0.3, 0.4) is 0 Å². The van der Waals surface area contributed by atoms with Crippen molar-refractivity contribution in [1.82, 2.24) is 19.4 Å². The number of aryl methyl sites for hydroxylation is 3. The van der Waals surface area contributed by atoms with Crippen LogP contribution in [0.2, 0.25) is 0 Å². The Hall–Kier alpha value is -3.92. The highest BCUT2D eigenvalue weighted by Crippen LogP contribution is 2.27. The third kappa shape index (κ3) is 6.39. The van der Waals surface area contributed by atoms with E-state index in [1.165, 1.54) is 0 Å². The van der Waals surface area contributed by atoms with Crippen molar-refractivity contribution in [2.45, 2.75) is 25.9 Å². The SMILES string of the molecule is Cn1ccnc1N=NC1C=CC=CC1NCC(C)(C)CNc1ccccc1N=Nc1n(C)cc[n+]1C. The number of azo groups is 2. The zero-order chi connectivity index (χ0) is 25.5. The van der Waals surface area contributed by atoms with E-state index >= 15 is 0 Å². The molecule has 0 bridgehead atoms. The first-order valence-corrected chi connectivity index (χ1v) is 12.0. The third-order valence-electron chi connectivity index (χ3n) is 6.05. The van der Waals surface area contributed by atoms with Crippen LogP contribution in [0, 0.1) is 5.41 Å². The maximum absolute atomic E-state index is 4.53. The lowest BCUT2D eigenvalue weighted by atomic mass is 9.92. The maximum atomic E-state index is 4.53. The molecule has 0 spiro atoms. The van der Waals surface area contributed by atoms with Crippen molar-refractivity contribution in [3.05, 3.63) is 73.4 Å². The Morgan fingerprint density at radius 1 is 1.00 bits per heavy atom. The molecule has 3 aromatic rings. The molecule has 2 unspecified atom stereocenters. The summed E-state index contributed by atoms with van der Waals surface area (Å²) in [6.45, 7) is 6.01. The summed E-state index contributed by atoms with van der Waals surface area (Å²) < 4.78 is 5.72. The first kappa shape index (κ1) is 25.2. The number of hydrogen-bond donors (Lipinski definition) is 2. The van der Waals surface area contributed by atoms with Crippen LogP contribution in [0.15, 0.2) is 93.8 Å². The molecule has 0 radical (unpaired) electrons. The van der Waals surface area contributed by atoms with Gasteiger partial charge in [-0.1, -0.05) is 55.4 Å². The van der Waals surface area contributed by atoms with Gasteiger partial charge in [0.05, 0.1) is 38.2 Å². The first-order chi connectivity index (χ1) is 17.3. The van der Waals surface area contributed by atoms with Crippen molar-refractivity contribution in [2.24, 2.45) is 47.0 Å². The van der Waals surface area contributed by atoms with Gasteiger partial charge in [0.2, 0.25) is 5.95 Å². The number of allylic oxidation sites excluding steroid dienone is 2. The fourth-order valence-electron chi connectivity index (χ4n) is 3.79. The number of aromatic nitrogens is 4. The van der Waals surface area contributed by atoms with Gasteiger partial charge in [0, 0.05) is 37.6 Å². The summed E-state index contributed by atoms with van der Waals surface area (Å²) in [4.78, 5) is 4.22. The van der Waals surface area contributed by atoms with Crippen LogP contribution in [0.4, 0.5) is 23.3 Å². The van der Waals surface area contributed by atoms with E-state index in [4.69, 9.17) is 0 Å². The molecule has 0 fully saturated rings. The lowest BCUT2D eigenvalue weighted by molar-refractivity contribution is -0.657. The van der Waals surface area contributed by atoms with Crippen LogP contribution in [0.1, 0.15) is 13.8 Å². The molecule has 2 aromatic heterocycles. The molecule has 2 N–H and O–H groups in total. The predicted molar refractivity (Wildman–Crippen MR) is 141 cm³/mol. The van der Waals surface area contributed by atoms with Crippen molar-refractivity contribution < 1.29 is 4.57 Å². The quantitative estimate of drug-likeness (QED) is 0.321. The van der Waals surface area contributed by atoms with E-state index < -0.39 is 0 Å². The Morgan fingerprint density at radius 3 is 2.56 bits per heavy atom. The highest BCUT2D eigenvalue weighted by Gasteiger charge is 2.24. The van der Waals surface area contributed by atoms with Gasteiger partial charge in [-0.15, -0.1) is 5.11 Å². The van der Waals surface area contributed by atoms with Gasteiger partial charge >= 0.3 is 5.95 Å². The zero-order valence-corrected chi connectivity index (χ0v) is 21.6. The van der Waals surface area contributed by atoms with E-state index in [1.54, 1.807) is 6.20 Å². The summed E-state index contributed by atoms with van der Waals surface area (Å²) >= 11 is 0. The van der Waals surface area contributed by atoms with Crippen LogP contribution < -0.4 is 15.2 Å². The summed E-state index contributed by atoms with van der Waals surface area (Å²) in [5.41, 5.74) is 1.72. The molecule has 2 atom stereocenters. The van der Waals surface area contributed by atoms with Gasteiger partial charge in [0.15, 0.2) is 0 Å². The Bertz CT molecular complexity index is 1260. The van der Waals surface area contributed by atoms with Gasteiger partial charge in [-0.25, -0.2) is 14.1 Å². The van der Waals surface area contributed by atoms with Crippen LogP contribution in [-0.2, 0) is 21.1 Å². The topological polar surface area (TPSA) is 100 Å². The summed E-state index contributed by atoms with van der Waals surface area (Å²) in [5, 5.41) is 25.0. The molecular weight excluding hydrogens is 452 g/mol. The molecule has 10 heteroatoms. The van der Waals surface area contributed by atoms with Gasteiger partial charge in [0.1, 0.15) is 11.7 Å². The predicted octanol–water partition coefficient (Wildman–Crippen LogP) is 4.67. The van der Waals surface area contributed by atoms with E-state index in [0.29, 0.717) is 5.95 Å². The second-order valence-electron chi connectivity index (χ2n) is 9.78. The molecule has 2 heterocycles. The Morgan fingerprint density at radius 2 is 1.81 bits per heavy atom. The fraction of sp³-hybridized carbons (Fsp3) is 0.385. The van der Waals surface area contributed by atoms with Crippen molar-refractivity contribution in [1.29, 1.82) is 0 Å². The van der Waals surface area contributed by atoms with E-state index in [1.807, 2.05) is 89.9 Å². The molecule has 10 nitrogen and oxygen atoms in total. The minimum absolute atomic E-state index is 0.0365. The normalized spacial score (nSPS) is 18.0. The van der Waals surface area contributed by atoms with Gasteiger partial charge in [-0.05, 0) is 17.5 Å². The molecule has 188 valence electrons. The summed E-state index contributed by atoms with van der Waals surface area (Å²) in [5.74, 6) is 1.37. The summed E-state index contributed by atoms with van der Waals surface area (Å²) in [6.07, 6.45) is 15.7. The number of nitrogens with one attached hydrogen (secondary N) is 2. The molecular formula is C26H35N10+. The molecule has 0 aliphatic heterocycles. The van der Waals surface area contributed by atoms with Crippen molar-refractivity contribution in [3.8, 4) is 0 Å². The molecule has 36 heavy (non-hydrogen) atoms. The number of hydrogen-bond acceptors (Lipinski definition) is 7. The molecule has 1 aromatic carbocycles. The third-order valence-corrected chi connectivity index (χ3v) is 6.05. The van der Waals surface area contributed by atoms with Gasteiger partial charge in [0.25, 0.3) is 0 Å². The molecule has 0 saturated heterocycles. The zero-order valence-electron chi connectivity index (χ0n) is 21.6. The summed E-state index contributed by atoms with van der Waals surface area (Å²) in [7, 11) is 5.82. The fourth-order valence-corrected chi connectivity index (χ4v) is 3.79. The first-order valence-electron chi connectivity index (χ1n) is 12.0. The standard InChI is InChI=1S/C26H34N10/c1-26(2,18-28-20-10-6-8-12-22(20)30-32-24-27-14-15-34(24)3)19-29-21-11-7-9-13-23(21)31-33-25-35(4)16-17-36(25)5/h6-17,20,22,28H,18-19H2,1-5H3/p+1. The van der Waals surface area contributed by atoms with E-state index in [0.717, 1.165) is 30.4 Å². The Balaban J connectivity index is 1.35. The number of imidazole rings is 2. The highest BCUT2D eigenvalue weighted by molar-refractivity contribution is 5.64. The van der Waals surface area contributed by atoms with Crippen LogP contribution in [-0.4, -0.2) is 39.3 Å². The number of rotatable bonds is 10.